The minimum absolute atomic E-state index is 0.0687. The molecule has 1 aromatic heterocycles. The number of hydrogen-bond donors (Lipinski definition) is 0. The number of alkyl halides is 3. The SMILES string of the molecule is Cc1cc2nc(N3CCN(C(=O)c4cccc(C(F)(F)F)c4)CC3)sc2cc1C. The minimum atomic E-state index is -4.46. The van der Waals surface area contributed by atoms with Crippen molar-refractivity contribution in [3.05, 3.63) is 58.7 Å². The van der Waals surface area contributed by atoms with Crippen LogP contribution >= 0.6 is 11.3 Å². The summed E-state index contributed by atoms with van der Waals surface area (Å²) >= 11 is 1.62. The third-order valence-electron chi connectivity index (χ3n) is 5.27. The number of halogens is 3. The molecule has 1 fully saturated rings. The Morgan fingerprint density at radius 1 is 1.03 bits per heavy atom. The van der Waals surface area contributed by atoms with E-state index >= 15 is 0 Å². The van der Waals surface area contributed by atoms with Crippen molar-refractivity contribution in [1.29, 1.82) is 0 Å². The van der Waals surface area contributed by atoms with Crippen molar-refractivity contribution in [3.63, 3.8) is 0 Å². The van der Waals surface area contributed by atoms with E-state index in [0.29, 0.717) is 26.2 Å². The van der Waals surface area contributed by atoms with Crippen molar-refractivity contribution in [2.45, 2.75) is 20.0 Å². The van der Waals surface area contributed by atoms with E-state index in [9.17, 15) is 18.0 Å². The Balaban J connectivity index is 1.46. The minimum Gasteiger partial charge on any atom is -0.345 e. The smallest absolute Gasteiger partial charge is 0.345 e. The first-order valence-electron chi connectivity index (χ1n) is 9.31. The highest BCUT2D eigenvalue weighted by Gasteiger charge is 2.32. The van der Waals surface area contributed by atoms with E-state index in [-0.39, 0.29) is 11.5 Å². The lowest BCUT2D eigenvalue weighted by Gasteiger charge is -2.34. The van der Waals surface area contributed by atoms with Crippen LogP contribution in [-0.2, 0) is 6.18 Å². The van der Waals surface area contributed by atoms with Crippen LogP contribution in [0.1, 0.15) is 27.0 Å². The highest BCUT2D eigenvalue weighted by molar-refractivity contribution is 7.22. The Morgan fingerprint density at radius 2 is 1.72 bits per heavy atom. The summed E-state index contributed by atoms with van der Waals surface area (Å²) in [6.45, 7) is 6.23. The number of carbonyl (C=O) groups is 1. The average molecular weight is 419 g/mol. The molecule has 0 spiro atoms. The van der Waals surface area contributed by atoms with Crippen molar-refractivity contribution in [2.75, 3.05) is 31.1 Å². The predicted octanol–water partition coefficient (Wildman–Crippen LogP) is 4.89. The van der Waals surface area contributed by atoms with Gasteiger partial charge in [-0.2, -0.15) is 13.2 Å². The van der Waals surface area contributed by atoms with Gasteiger partial charge < -0.3 is 9.80 Å². The number of anilines is 1. The molecule has 1 saturated heterocycles. The molecule has 1 aliphatic heterocycles. The molecule has 0 unspecified atom stereocenters. The summed E-state index contributed by atoms with van der Waals surface area (Å²) in [5.74, 6) is -0.369. The van der Waals surface area contributed by atoms with Gasteiger partial charge in [-0.15, -0.1) is 0 Å². The molecule has 0 bridgehead atoms. The number of aromatic nitrogens is 1. The highest BCUT2D eigenvalue weighted by atomic mass is 32.1. The second-order valence-electron chi connectivity index (χ2n) is 7.26. The van der Waals surface area contributed by atoms with Crippen LogP contribution in [0.3, 0.4) is 0 Å². The first-order valence-corrected chi connectivity index (χ1v) is 10.1. The topological polar surface area (TPSA) is 36.4 Å². The summed E-state index contributed by atoms with van der Waals surface area (Å²) in [6, 6.07) is 8.83. The first-order chi connectivity index (χ1) is 13.7. The molecule has 8 heteroatoms. The van der Waals surface area contributed by atoms with Crippen molar-refractivity contribution >= 4 is 32.6 Å². The molecule has 152 valence electrons. The lowest BCUT2D eigenvalue weighted by Crippen LogP contribution is -2.48. The van der Waals surface area contributed by atoms with Crippen LogP contribution in [0.25, 0.3) is 10.2 Å². The second-order valence-corrected chi connectivity index (χ2v) is 8.27. The van der Waals surface area contributed by atoms with E-state index in [1.807, 2.05) is 0 Å². The molecule has 29 heavy (non-hydrogen) atoms. The maximum absolute atomic E-state index is 12.9. The van der Waals surface area contributed by atoms with E-state index in [1.54, 1.807) is 16.2 Å². The van der Waals surface area contributed by atoms with Gasteiger partial charge in [0.2, 0.25) is 0 Å². The zero-order chi connectivity index (χ0) is 20.8. The number of nitrogens with zero attached hydrogens (tertiary/aromatic N) is 3. The first kappa shape index (κ1) is 19.7. The lowest BCUT2D eigenvalue weighted by atomic mass is 10.1. The van der Waals surface area contributed by atoms with Gasteiger partial charge in [-0.05, 0) is 55.3 Å². The Kier molecular flexibility index (Phi) is 4.98. The van der Waals surface area contributed by atoms with E-state index in [4.69, 9.17) is 4.98 Å². The van der Waals surface area contributed by atoms with Crippen molar-refractivity contribution < 1.29 is 18.0 Å². The number of hydrogen-bond acceptors (Lipinski definition) is 4. The molecule has 0 atom stereocenters. The van der Waals surface area contributed by atoms with E-state index < -0.39 is 11.7 Å². The fraction of sp³-hybridized carbons (Fsp3) is 0.333. The average Bonchev–Trinajstić information content (AvgIpc) is 3.10. The van der Waals surface area contributed by atoms with E-state index in [2.05, 4.69) is 30.9 Å². The van der Waals surface area contributed by atoms with Gasteiger partial charge in [-0.25, -0.2) is 4.98 Å². The number of amides is 1. The molecule has 0 aliphatic carbocycles. The summed E-state index contributed by atoms with van der Waals surface area (Å²) in [5, 5.41) is 0.913. The number of piperazine rings is 1. The Labute approximate surface area is 170 Å². The van der Waals surface area contributed by atoms with Crippen LogP contribution in [0, 0.1) is 13.8 Å². The Bertz CT molecular complexity index is 1030. The number of rotatable bonds is 2. The van der Waals surface area contributed by atoms with Gasteiger partial charge in [0.05, 0.1) is 15.8 Å². The lowest BCUT2D eigenvalue weighted by molar-refractivity contribution is -0.137. The van der Waals surface area contributed by atoms with Crippen molar-refractivity contribution in [1.82, 2.24) is 9.88 Å². The van der Waals surface area contributed by atoms with Crippen LogP contribution in [0.15, 0.2) is 36.4 Å². The third-order valence-corrected chi connectivity index (χ3v) is 6.35. The quantitative estimate of drug-likeness (QED) is 0.593. The fourth-order valence-corrected chi connectivity index (χ4v) is 4.51. The summed E-state index contributed by atoms with van der Waals surface area (Å²) in [6.07, 6.45) is -4.46. The van der Waals surface area contributed by atoms with Crippen LogP contribution in [-0.4, -0.2) is 42.0 Å². The van der Waals surface area contributed by atoms with Crippen LogP contribution in [0.2, 0.25) is 0 Å². The molecule has 2 aromatic carbocycles. The summed E-state index contributed by atoms with van der Waals surface area (Å²) in [4.78, 5) is 21.1. The molecule has 1 amide bonds. The number of benzene rings is 2. The van der Waals surface area contributed by atoms with Gasteiger partial charge in [0.1, 0.15) is 0 Å². The van der Waals surface area contributed by atoms with Gasteiger partial charge in [-0.1, -0.05) is 17.4 Å². The predicted molar refractivity (Wildman–Crippen MR) is 109 cm³/mol. The molecule has 0 radical (unpaired) electrons. The summed E-state index contributed by atoms with van der Waals surface area (Å²) in [7, 11) is 0. The van der Waals surface area contributed by atoms with E-state index in [1.165, 1.54) is 23.3 Å². The largest absolute Gasteiger partial charge is 0.416 e. The zero-order valence-electron chi connectivity index (χ0n) is 16.1. The monoisotopic (exact) mass is 419 g/mol. The maximum Gasteiger partial charge on any atom is 0.416 e. The molecule has 1 aliphatic rings. The molecule has 2 heterocycles. The number of fused-ring (bicyclic) bond motifs is 1. The van der Waals surface area contributed by atoms with Gasteiger partial charge in [-0.3, -0.25) is 4.79 Å². The number of aryl methyl sites for hydroxylation is 2. The van der Waals surface area contributed by atoms with E-state index in [0.717, 1.165) is 27.5 Å². The van der Waals surface area contributed by atoms with Gasteiger partial charge in [0, 0.05) is 31.7 Å². The molecular formula is C21H20F3N3OS. The standard InChI is InChI=1S/C21H20F3N3OS/c1-13-10-17-18(11-14(13)2)29-20(25-17)27-8-6-26(7-9-27)19(28)15-4-3-5-16(12-15)21(22,23)24/h3-5,10-12H,6-9H2,1-2H3. The van der Waals surface area contributed by atoms with Crippen LogP contribution < -0.4 is 4.90 Å². The molecule has 0 saturated carbocycles. The van der Waals surface area contributed by atoms with Gasteiger partial charge >= 0.3 is 6.18 Å². The van der Waals surface area contributed by atoms with Crippen molar-refractivity contribution in [2.24, 2.45) is 0 Å². The van der Waals surface area contributed by atoms with Gasteiger partial charge in [0.25, 0.3) is 5.91 Å². The third kappa shape index (κ3) is 3.94. The highest BCUT2D eigenvalue weighted by Crippen LogP contribution is 2.32. The van der Waals surface area contributed by atoms with Gasteiger partial charge in [0.15, 0.2) is 5.13 Å². The van der Waals surface area contributed by atoms with Crippen LogP contribution in [0.5, 0.6) is 0 Å². The molecule has 0 N–H and O–H groups in total. The zero-order valence-corrected chi connectivity index (χ0v) is 16.9. The normalized spacial score (nSPS) is 15.2. The molecule has 4 rings (SSSR count). The number of carbonyl (C=O) groups excluding carboxylic acids is 1. The maximum atomic E-state index is 12.9. The molecule has 4 nitrogen and oxygen atoms in total. The number of thiazole rings is 1. The summed E-state index contributed by atoms with van der Waals surface area (Å²) < 4.78 is 39.9. The summed E-state index contributed by atoms with van der Waals surface area (Å²) in [5.41, 5.74) is 2.66. The molecular weight excluding hydrogens is 399 g/mol. The Morgan fingerprint density at radius 3 is 2.41 bits per heavy atom. The Hall–Kier alpha value is -2.61. The van der Waals surface area contributed by atoms with Crippen molar-refractivity contribution in [3.8, 4) is 0 Å². The molecule has 3 aromatic rings. The fourth-order valence-electron chi connectivity index (χ4n) is 3.42. The second kappa shape index (κ2) is 7.33. The van der Waals surface area contributed by atoms with Crippen LogP contribution in [0.4, 0.5) is 18.3 Å².